The van der Waals surface area contributed by atoms with Crippen molar-refractivity contribution in [2.24, 2.45) is 11.7 Å². The van der Waals surface area contributed by atoms with Gasteiger partial charge in [-0.1, -0.05) is 31.9 Å². The maximum atomic E-state index is 10.4. The van der Waals surface area contributed by atoms with E-state index in [-0.39, 0.29) is 5.92 Å². The predicted octanol–water partition coefficient (Wildman–Crippen LogP) is 3.29. The molecule has 2 atom stereocenters. The molecule has 3 heteroatoms. The summed E-state index contributed by atoms with van der Waals surface area (Å²) >= 11 is 0. The van der Waals surface area contributed by atoms with Crippen molar-refractivity contribution in [1.29, 1.82) is 0 Å². The lowest BCUT2D eigenvalue weighted by molar-refractivity contribution is 0.00355. The van der Waals surface area contributed by atoms with Crippen LogP contribution in [-0.2, 0) is 6.42 Å². The quantitative estimate of drug-likeness (QED) is 0.773. The number of benzene rings is 1. The van der Waals surface area contributed by atoms with E-state index in [1.807, 2.05) is 0 Å². The second kappa shape index (κ2) is 7.81. The molecule has 3 N–H and O–H groups in total. The molecule has 118 valence electrons. The summed E-state index contributed by atoms with van der Waals surface area (Å²) in [6.07, 6.45) is 7.45. The Kier molecular flexibility index (Phi) is 6.07. The van der Waals surface area contributed by atoms with Crippen molar-refractivity contribution in [3.63, 3.8) is 0 Å². The maximum absolute atomic E-state index is 10.4. The third kappa shape index (κ3) is 4.45. The molecule has 1 aromatic rings. The smallest absolute Gasteiger partial charge is 0.119 e. The monoisotopic (exact) mass is 291 g/mol. The van der Waals surface area contributed by atoms with Gasteiger partial charge in [-0.3, -0.25) is 0 Å². The van der Waals surface area contributed by atoms with Crippen LogP contribution in [0.15, 0.2) is 24.3 Å². The zero-order chi connectivity index (χ0) is 15.1. The summed E-state index contributed by atoms with van der Waals surface area (Å²) in [7, 11) is 0. The molecule has 2 rings (SSSR count). The van der Waals surface area contributed by atoms with Gasteiger partial charge in [-0.2, -0.15) is 0 Å². The molecule has 0 radical (unpaired) electrons. The van der Waals surface area contributed by atoms with Crippen molar-refractivity contribution in [3.05, 3.63) is 29.8 Å². The van der Waals surface area contributed by atoms with E-state index in [0.717, 1.165) is 37.9 Å². The van der Waals surface area contributed by atoms with Crippen molar-refractivity contribution < 1.29 is 9.84 Å². The van der Waals surface area contributed by atoms with Gasteiger partial charge in [0, 0.05) is 6.54 Å². The van der Waals surface area contributed by atoms with Crippen molar-refractivity contribution in [3.8, 4) is 5.75 Å². The Balaban J connectivity index is 1.75. The van der Waals surface area contributed by atoms with Gasteiger partial charge in [-0.15, -0.1) is 0 Å². The summed E-state index contributed by atoms with van der Waals surface area (Å²) in [5.74, 6) is 1.20. The molecule has 0 bridgehead atoms. The van der Waals surface area contributed by atoms with E-state index in [4.69, 9.17) is 10.5 Å². The fourth-order valence-electron chi connectivity index (χ4n) is 3.26. The van der Waals surface area contributed by atoms with E-state index in [9.17, 15) is 5.11 Å². The minimum Gasteiger partial charge on any atom is -0.494 e. The van der Waals surface area contributed by atoms with E-state index >= 15 is 0 Å². The van der Waals surface area contributed by atoms with Crippen LogP contribution in [0.1, 0.15) is 51.0 Å². The highest BCUT2D eigenvalue weighted by molar-refractivity contribution is 5.27. The van der Waals surface area contributed by atoms with Gasteiger partial charge in [0.1, 0.15) is 5.75 Å². The number of nitrogens with two attached hydrogens (primary N) is 1. The largest absolute Gasteiger partial charge is 0.494 e. The predicted molar refractivity (Wildman–Crippen MR) is 86.5 cm³/mol. The van der Waals surface area contributed by atoms with Crippen LogP contribution in [0, 0.1) is 5.92 Å². The van der Waals surface area contributed by atoms with Crippen molar-refractivity contribution >= 4 is 0 Å². The molecule has 1 aliphatic rings. The van der Waals surface area contributed by atoms with Crippen LogP contribution < -0.4 is 10.5 Å². The highest BCUT2D eigenvalue weighted by Gasteiger charge is 2.39. The number of ether oxygens (including phenoxy) is 1. The van der Waals surface area contributed by atoms with Crippen LogP contribution >= 0.6 is 0 Å². The van der Waals surface area contributed by atoms with Gasteiger partial charge >= 0.3 is 0 Å². The van der Waals surface area contributed by atoms with E-state index in [1.165, 1.54) is 18.4 Å². The fraction of sp³-hybridized carbons (Fsp3) is 0.667. The second-order valence-corrected chi connectivity index (χ2v) is 6.28. The molecule has 21 heavy (non-hydrogen) atoms. The van der Waals surface area contributed by atoms with Crippen LogP contribution in [0.5, 0.6) is 5.75 Å². The first-order chi connectivity index (χ1) is 10.2. The number of rotatable bonds is 8. The highest BCUT2D eigenvalue weighted by Crippen LogP contribution is 2.37. The first-order valence-electron chi connectivity index (χ1n) is 8.32. The van der Waals surface area contributed by atoms with E-state index < -0.39 is 5.60 Å². The van der Waals surface area contributed by atoms with Crippen LogP contribution in [0.3, 0.4) is 0 Å². The third-order valence-electron chi connectivity index (χ3n) is 4.75. The van der Waals surface area contributed by atoms with Gasteiger partial charge in [-0.25, -0.2) is 0 Å². The van der Waals surface area contributed by atoms with E-state index in [2.05, 4.69) is 31.2 Å². The Morgan fingerprint density at radius 2 is 2.10 bits per heavy atom. The minimum absolute atomic E-state index is 0.284. The number of hydrogen-bond acceptors (Lipinski definition) is 3. The van der Waals surface area contributed by atoms with Gasteiger partial charge in [-0.05, 0) is 55.7 Å². The highest BCUT2D eigenvalue weighted by atomic mass is 16.5. The molecular formula is C18H29NO2. The molecule has 1 aliphatic carbocycles. The lowest BCUT2D eigenvalue weighted by Gasteiger charge is -2.28. The number of hydrogen-bond donors (Lipinski definition) is 2. The van der Waals surface area contributed by atoms with Gasteiger partial charge in [0.15, 0.2) is 0 Å². The Labute approximate surface area is 128 Å². The molecule has 0 amide bonds. The Hall–Kier alpha value is -1.06. The van der Waals surface area contributed by atoms with Crippen molar-refractivity contribution in [1.82, 2.24) is 0 Å². The lowest BCUT2D eigenvalue weighted by atomic mass is 9.88. The van der Waals surface area contributed by atoms with E-state index in [0.29, 0.717) is 13.2 Å². The molecule has 2 unspecified atom stereocenters. The minimum atomic E-state index is -0.659. The summed E-state index contributed by atoms with van der Waals surface area (Å²) in [5, 5.41) is 10.4. The summed E-state index contributed by atoms with van der Waals surface area (Å²) in [6.45, 7) is 3.23. The first-order valence-corrected chi connectivity index (χ1v) is 8.32. The second-order valence-electron chi connectivity index (χ2n) is 6.28. The SMILES string of the molecule is CCCCc1ccc(OCCC2CCCC2(O)CN)cc1. The molecule has 0 aliphatic heterocycles. The average molecular weight is 291 g/mol. The zero-order valence-electron chi connectivity index (χ0n) is 13.2. The number of aliphatic hydroxyl groups is 1. The zero-order valence-corrected chi connectivity index (χ0v) is 13.2. The number of unbranched alkanes of at least 4 members (excludes halogenated alkanes) is 1. The van der Waals surface area contributed by atoms with Crippen molar-refractivity contribution in [2.45, 2.75) is 57.5 Å². The average Bonchev–Trinajstić information content (AvgIpc) is 2.88. The summed E-state index contributed by atoms with van der Waals surface area (Å²) in [5.41, 5.74) is 6.42. The summed E-state index contributed by atoms with van der Waals surface area (Å²) < 4.78 is 5.81. The Morgan fingerprint density at radius 1 is 1.33 bits per heavy atom. The first kappa shape index (κ1) is 16.3. The molecule has 0 heterocycles. The molecule has 0 spiro atoms. The lowest BCUT2D eigenvalue weighted by Crippen LogP contribution is -2.41. The standard InChI is InChI=1S/C18H29NO2/c1-2-3-5-15-7-9-17(10-8-15)21-13-11-16-6-4-12-18(16,20)14-19/h7-10,16,20H,2-6,11-14,19H2,1H3. The Bertz CT molecular complexity index is 418. The molecule has 1 fully saturated rings. The van der Waals surface area contributed by atoms with Crippen molar-refractivity contribution in [2.75, 3.05) is 13.2 Å². The molecule has 0 saturated heterocycles. The fourth-order valence-corrected chi connectivity index (χ4v) is 3.26. The molecule has 3 nitrogen and oxygen atoms in total. The molecule has 1 aromatic carbocycles. The molecular weight excluding hydrogens is 262 g/mol. The molecule has 1 saturated carbocycles. The van der Waals surface area contributed by atoms with Crippen LogP contribution in [0.2, 0.25) is 0 Å². The normalized spacial score (nSPS) is 25.2. The van der Waals surface area contributed by atoms with E-state index in [1.54, 1.807) is 0 Å². The maximum Gasteiger partial charge on any atom is 0.119 e. The van der Waals surface area contributed by atoms with Gasteiger partial charge < -0.3 is 15.6 Å². The molecule has 0 aromatic heterocycles. The number of aryl methyl sites for hydroxylation is 1. The topological polar surface area (TPSA) is 55.5 Å². The Morgan fingerprint density at radius 3 is 2.76 bits per heavy atom. The third-order valence-corrected chi connectivity index (χ3v) is 4.75. The van der Waals surface area contributed by atoms with Crippen LogP contribution in [0.25, 0.3) is 0 Å². The van der Waals surface area contributed by atoms with Crippen LogP contribution in [0.4, 0.5) is 0 Å². The van der Waals surface area contributed by atoms with Crippen LogP contribution in [-0.4, -0.2) is 23.9 Å². The summed E-state index contributed by atoms with van der Waals surface area (Å²) in [6, 6.07) is 8.40. The van der Waals surface area contributed by atoms with Gasteiger partial charge in [0.2, 0.25) is 0 Å². The van der Waals surface area contributed by atoms with Gasteiger partial charge in [0.25, 0.3) is 0 Å². The van der Waals surface area contributed by atoms with Gasteiger partial charge in [0.05, 0.1) is 12.2 Å². The summed E-state index contributed by atoms with van der Waals surface area (Å²) in [4.78, 5) is 0.